The van der Waals surface area contributed by atoms with Gasteiger partial charge >= 0.3 is 0 Å². The molecule has 0 fully saturated rings. The van der Waals surface area contributed by atoms with Crippen LogP contribution in [0, 0.1) is 5.92 Å². The summed E-state index contributed by atoms with van der Waals surface area (Å²) in [6.45, 7) is 16.3. The molecule has 2 aromatic carbocycles. The van der Waals surface area contributed by atoms with Gasteiger partial charge in [-0.25, -0.2) is 0 Å². The summed E-state index contributed by atoms with van der Waals surface area (Å²) in [5.74, 6) is -0.0231. The summed E-state index contributed by atoms with van der Waals surface area (Å²) in [5, 5.41) is 3.41. The van der Waals surface area contributed by atoms with E-state index in [1.807, 2.05) is 101 Å². The first-order valence-electron chi connectivity index (χ1n) is 11.7. The quantitative estimate of drug-likeness (QED) is 0.379. The zero-order chi connectivity index (χ0) is 24.5. The molecule has 0 saturated carbocycles. The van der Waals surface area contributed by atoms with Gasteiger partial charge in [0.25, 0.3) is 0 Å². The molecule has 3 rings (SSSR count). The summed E-state index contributed by atoms with van der Waals surface area (Å²) in [4.78, 5) is 25.4. The minimum Gasteiger partial charge on any atom is -0.352 e. The number of carbonyl (C=O) groups excluding carboxylic acids is 2. The number of hydrogen-bond donors (Lipinski definition) is 1. The molecule has 4 heteroatoms. The van der Waals surface area contributed by atoms with Crippen LogP contribution < -0.4 is 10.2 Å². The summed E-state index contributed by atoms with van der Waals surface area (Å²) >= 11 is 0. The van der Waals surface area contributed by atoms with Crippen molar-refractivity contribution in [3.8, 4) is 0 Å². The molecule has 4 nitrogen and oxygen atoms in total. The van der Waals surface area contributed by atoms with Gasteiger partial charge in [0.2, 0.25) is 5.78 Å². The maximum absolute atomic E-state index is 12.8. The van der Waals surface area contributed by atoms with Crippen LogP contribution in [0.15, 0.2) is 72.5 Å². The third-order valence-corrected chi connectivity index (χ3v) is 3.87. The summed E-state index contributed by atoms with van der Waals surface area (Å²) in [6.07, 6.45) is 6.34. The predicted molar refractivity (Wildman–Crippen MR) is 140 cm³/mol. The second-order valence-electron chi connectivity index (χ2n) is 6.86. The first kappa shape index (κ1) is 28.9. The molecule has 0 atom stereocenters. The second-order valence-corrected chi connectivity index (χ2v) is 6.86. The number of aldehydes is 1. The van der Waals surface area contributed by atoms with Crippen molar-refractivity contribution in [3.05, 3.63) is 72.5 Å². The molecule has 1 aliphatic heterocycles. The highest BCUT2D eigenvalue weighted by Crippen LogP contribution is 2.45. The van der Waals surface area contributed by atoms with E-state index in [1.54, 1.807) is 0 Å². The van der Waals surface area contributed by atoms with Gasteiger partial charge in [-0.3, -0.25) is 9.59 Å². The van der Waals surface area contributed by atoms with E-state index in [-0.39, 0.29) is 11.7 Å². The van der Waals surface area contributed by atoms with Crippen molar-refractivity contribution in [3.63, 3.8) is 0 Å². The molecule has 0 bridgehead atoms. The topological polar surface area (TPSA) is 49.4 Å². The number of rotatable bonds is 5. The standard InChI is InChI=1S/C21H20N2O2.C3H8.2C2H6/c1-15(2)14-20(21(25)12-7-13-24)23-18-10-5-3-8-16(18)22-17-9-4-6-11-19(17)23;1-3-2;2*1-2/h3-15,22H,1-2H3;3H2,1-2H3;2*1-2H3/b12-7-,20-14+;;;. The molecule has 0 unspecified atom stereocenters. The van der Waals surface area contributed by atoms with Crippen LogP contribution in [-0.2, 0) is 9.59 Å². The Morgan fingerprint density at radius 1 is 0.906 bits per heavy atom. The van der Waals surface area contributed by atoms with Gasteiger partial charge in [-0.2, -0.15) is 0 Å². The maximum Gasteiger partial charge on any atom is 0.202 e. The van der Waals surface area contributed by atoms with E-state index < -0.39 is 0 Å². The van der Waals surface area contributed by atoms with Crippen molar-refractivity contribution in [2.75, 3.05) is 10.2 Å². The molecule has 0 saturated heterocycles. The largest absolute Gasteiger partial charge is 0.352 e. The van der Waals surface area contributed by atoms with Crippen LogP contribution >= 0.6 is 0 Å². The van der Waals surface area contributed by atoms with Gasteiger partial charge in [0, 0.05) is 0 Å². The molecule has 0 spiro atoms. The zero-order valence-corrected chi connectivity index (χ0v) is 21.0. The molecule has 1 N–H and O–H groups in total. The Kier molecular flexibility index (Phi) is 14.9. The summed E-state index contributed by atoms with van der Waals surface area (Å²) in [6, 6.07) is 15.7. The molecular weight excluding hydrogens is 396 g/mol. The molecule has 0 radical (unpaired) electrons. The van der Waals surface area contributed by atoms with Crippen LogP contribution in [0.3, 0.4) is 0 Å². The van der Waals surface area contributed by atoms with E-state index in [0.717, 1.165) is 22.7 Å². The van der Waals surface area contributed by atoms with Crippen LogP contribution in [0.1, 0.15) is 61.8 Å². The van der Waals surface area contributed by atoms with Gasteiger partial charge in [0.05, 0.1) is 28.4 Å². The van der Waals surface area contributed by atoms with Crippen molar-refractivity contribution in [2.45, 2.75) is 61.8 Å². The van der Waals surface area contributed by atoms with Crippen LogP contribution in [0.2, 0.25) is 0 Å². The Bertz CT molecular complexity index is 837. The lowest BCUT2D eigenvalue weighted by molar-refractivity contribution is -0.111. The van der Waals surface area contributed by atoms with Gasteiger partial charge in [-0.1, -0.05) is 92.2 Å². The number of ketones is 1. The van der Waals surface area contributed by atoms with Gasteiger partial charge in [0.15, 0.2) is 0 Å². The van der Waals surface area contributed by atoms with Gasteiger partial charge in [-0.05, 0) is 42.3 Å². The van der Waals surface area contributed by atoms with E-state index in [4.69, 9.17) is 0 Å². The number of hydrogen-bond acceptors (Lipinski definition) is 4. The number of nitrogens with one attached hydrogen (secondary N) is 1. The molecule has 174 valence electrons. The fourth-order valence-corrected chi connectivity index (χ4v) is 2.88. The Labute approximate surface area is 195 Å². The molecular formula is C28H40N2O2. The lowest BCUT2D eigenvalue weighted by atomic mass is 10.0. The smallest absolute Gasteiger partial charge is 0.202 e. The van der Waals surface area contributed by atoms with Gasteiger partial charge in [-0.15, -0.1) is 0 Å². The van der Waals surface area contributed by atoms with Crippen molar-refractivity contribution in [1.82, 2.24) is 0 Å². The summed E-state index contributed by atoms with van der Waals surface area (Å²) < 4.78 is 0. The Balaban J connectivity index is 0.00000124. The highest BCUT2D eigenvalue weighted by molar-refractivity contribution is 6.11. The van der Waals surface area contributed by atoms with Crippen LogP contribution in [0.4, 0.5) is 22.7 Å². The fraction of sp³-hybridized carbons (Fsp3) is 0.357. The van der Waals surface area contributed by atoms with Crippen molar-refractivity contribution in [1.29, 1.82) is 0 Å². The first-order chi connectivity index (χ1) is 15.5. The molecule has 32 heavy (non-hydrogen) atoms. The zero-order valence-electron chi connectivity index (χ0n) is 21.0. The summed E-state index contributed by atoms with van der Waals surface area (Å²) in [7, 11) is 0. The Hall–Kier alpha value is -3.14. The average Bonchev–Trinajstić information content (AvgIpc) is 2.82. The van der Waals surface area contributed by atoms with Crippen LogP contribution in [0.25, 0.3) is 0 Å². The van der Waals surface area contributed by atoms with E-state index in [1.165, 1.54) is 18.6 Å². The van der Waals surface area contributed by atoms with Crippen LogP contribution in [-0.4, -0.2) is 12.1 Å². The number of para-hydroxylation sites is 4. The van der Waals surface area contributed by atoms with E-state index in [0.29, 0.717) is 12.0 Å². The highest BCUT2D eigenvalue weighted by Gasteiger charge is 2.27. The Morgan fingerprint density at radius 3 is 1.75 bits per heavy atom. The Morgan fingerprint density at radius 2 is 1.34 bits per heavy atom. The molecule has 2 aromatic rings. The maximum atomic E-state index is 12.8. The number of benzene rings is 2. The molecule has 0 amide bonds. The SMILES string of the molecule is CC.CC.CC(C)/C=C(\C(=O)/C=C\C=O)N1c2ccccc2Nc2ccccc21.CCC. The molecule has 1 heterocycles. The van der Waals surface area contributed by atoms with Gasteiger partial charge < -0.3 is 10.2 Å². The molecule has 1 aliphatic rings. The number of carbonyl (C=O) groups is 2. The number of allylic oxidation sites excluding steroid dienone is 3. The lowest BCUT2D eigenvalue weighted by Crippen LogP contribution is -2.26. The van der Waals surface area contributed by atoms with E-state index in [9.17, 15) is 9.59 Å². The average molecular weight is 437 g/mol. The number of anilines is 4. The number of nitrogens with zero attached hydrogens (tertiary/aromatic N) is 1. The first-order valence-corrected chi connectivity index (χ1v) is 11.7. The van der Waals surface area contributed by atoms with Crippen molar-refractivity contribution < 1.29 is 9.59 Å². The van der Waals surface area contributed by atoms with Crippen molar-refractivity contribution in [2.24, 2.45) is 5.92 Å². The monoisotopic (exact) mass is 436 g/mol. The normalized spacial score (nSPS) is 11.4. The predicted octanol–water partition coefficient (Wildman–Crippen LogP) is 8.21. The third kappa shape index (κ3) is 8.18. The van der Waals surface area contributed by atoms with Crippen LogP contribution in [0.5, 0.6) is 0 Å². The molecule has 0 aromatic heterocycles. The highest BCUT2D eigenvalue weighted by atomic mass is 16.1. The minimum atomic E-state index is -0.202. The molecule has 0 aliphatic carbocycles. The second kappa shape index (κ2) is 16.5. The van der Waals surface area contributed by atoms with E-state index >= 15 is 0 Å². The number of fused-ring (bicyclic) bond motifs is 2. The lowest BCUT2D eigenvalue weighted by Gasteiger charge is -2.34. The van der Waals surface area contributed by atoms with Gasteiger partial charge in [0.1, 0.15) is 6.29 Å². The van der Waals surface area contributed by atoms with Crippen molar-refractivity contribution >= 4 is 34.8 Å². The van der Waals surface area contributed by atoms with E-state index in [2.05, 4.69) is 19.2 Å². The minimum absolute atomic E-state index is 0.179. The fourth-order valence-electron chi connectivity index (χ4n) is 2.88. The summed E-state index contributed by atoms with van der Waals surface area (Å²) in [5.41, 5.74) is 4.21. The third-order valence-electron chi connectivity index (χ3n) is 3.87.